The van der Waals surface area contributed by atoms with Crippen LogP contribution in [0.5, 0.6) is 0 Å². The second kappa shape index (κ2) is 11.7. The summed E-state index contributed by atoms with van der Waals surface area (Å²) in [4.78, 5) is 25.1. The number of rotatable bonds is 8. The summed E-state index contributed by atoms with van der Waals surface area (Å²) in [5.41, 5.74) is 0.632. The molecule has 0 atom stereocenters. The molecule has 4 rings (SSSR count). The number of ether oxygens (including phenoxy) is 2. The van der Waals surface area contributed by atoms with Crippen molar-refractivity contribution in [3.8, 4) is 0 Å². The zero-order valence-electron chi connectivity index (χ0n) is 20.5. The van der Waals surface area contributed by atoms with Gasteiger partial charge in [-0.25, -0.2) is 9.59 Å². The molecule has 36 heavy (non-hydrogen) atoms. The first kappa shape index (κ1) is 25.2. The van der Waals surface area contributed by atoms with E-state index in [1.165, 1.54) is 15.9 Å². The van der Waals surface area contributed by atoms with Gasteiger partial charge in [-0.1, -0.05) is 103 Å². The van der Waals surface area contributed by atoms with Gasteiger partial charge in [0.1, 0.15) is 5.57 Å². The van der Waals surface area contributed by atoms with E-state index in [9.17, 15) is 9.59 Å². The first-order chi connectivity index (χ1) is 17.6. The lowest BCUT2D eigenvalue weighted by atomic mass is 10.1. The van der Waals surface area contributed by atoms with Gasteiger partial charge in [-0.05, 0) is 59.7 Å². The fourth-order valence-electron chi connectivity index (χ4n) is 4.38. The van der Waals surface area contributed by atoms with Crippen molar-refractivity contribution in [3.05, 3.63) is 126 Å². The van der Waals surface area contributed by atoms with Crippen LogP contribution in [0.1, 0.15) is 13.8 Å². The Morgan fingerprint density at radius 3 is 1.47 bits per heavy atom. The first-order valence-corrected chi connectivity index (χ1v) is 13.8. The van der Waals surface area contributed by atoms with E-state index < -0.39 is 18.8 Å². The fourth-order valence-corrected chi connectivity index (χ4v) is 8.67. The van der Waals surface area contributed by atoms with E-state index >= 15 is 0 Å². The Morgan fingerprint density at radius 1 is 0.667 bits per heavy atom. The van der Waals surface area contributed by atoms with E-state index in [1.807, 2.05) is 24.3 Å². The van der Waals surface area contributed by atoms with Gasteiger partial charge in [-0.3, -0.25) is 0 Å². The molecule has 0 saturated heterocycles. The van der Waals surface area contributed by atoms with E-state index in [2.05, 4.69) is 84.9 Å². The largest absolute Gasteiger partial charge is 0.462 e. The number of hydrogen-bond donors (Lipinski definition) is 0. The van der Waals surface area contributed by atoms with Crippen LogP contribution in [-0.2, 0) is 19.1 Å². The van der Waals surface area contributed by atoms with Crippen molar-refractivity contribution >= 4 is 40.0 Å². The molecular formula is C31H29O4P. The quantitative estimate of drug-likeness (QED) is 0.149. The van der Waals surface area contributed by atoms with Gasteiger partial charge < -0.3 is 9.47 Å². The van der Waals surface area contributed by atoms with Crippen LogP contribution in [0.3, 0.4) is 0 Å². The number of allylic oxidation sites excluding steroid dienone is 5. The molecule has 4 nitrogen and oxygen atoms in total. The Morgan fingerprint density at radius 2 is 1.08 bits per heavy atom. The molecule has 5 heteroatoms. The standard InChI is InChI=1S/C31H29O4P/c1-3-34-30(32)29(31(33)35-4-2)23-24-20-21-28(22-24)36(25-14-8-5-9-15-25,26-16-10-6-11-17-26)27-18-12-7-13-19-27/h5-23H,3-4H2,1-2H3. The van der Waals surface area contributed by atoms with Gasteiger partial charge in [0.05, 0.1) is 13.2 Å². The van der Waals surface area contributed by atoms with Gasteiger partial charge in [-0.2, -0.15) is 0 Å². The highest BCUT2D eigenvalue weighted by atomic mass is 31.2. The van der Waals surface area contributed by atoms with Gasteiger partial charge >= 0.3 is 11.9 Å². The second-order valence-corrected chi connectivity index (χ2v) is 11.5. The molecule has 1 aliphatic carbocycles. The second-order valence-electron chi connectivity index (χ2n) is 8.08. The molecule has 1 aliphatic rings. The average Bonchev–Trinajstić information content (AvgIpc) is 3.39. The topological polar surface area (TPSA) is 52.6 Å². The van der Waals surface area contributed by atoms with Crippen molar-refractivity contribution in [2.24, 2.45) is 0 Å². The van der Waals surface area contributed by atoms with E-state index in [0.717, 1.165) is 10.9 Å². The summed E-state index contributed by atoms with van der Waals surface area (Å²) in [6.07, 6.45) is 7.67. The highest BCUT2D eigenvalue weighted by Crippen LogP contribution is 2.47. The molecule has 0 saturated carbocycles. The van der Waals surface area contributed by atoms with Crippen molar-refractivity contribution in [1.82, 2.24) is 0 Å². The van der Waals surface area contributed by atoms with E-state index in [4.69, 9.17) is 9.47 Å². The van der Waals surface area contributed by atoms with Gasteiger partial charge in [-0.15, -0.1) is 0 Å². The maximum atomic E-state index is 12.5. The lowest BCUT2D eigenvalue weighted by molar-refractivity contribution is -0.146. The molecular weight excluding hydrogens is 467 g/mol. The van der Waals surface area contributed by atoms with Crippen molar-refractivity contribution in [2.75, 3.05) is 13.2 Å². The Hall–Kier alpha value is -3.88. The molecule has 0 N–H and O–H groups in total. The zero-order valence-corrected chi connectivity index (χ0v) is 21.4. The minimum atomic E-state index is -2.26. The van der Waals surface area contributed by atoms with E-state index in [0.29, 0.717) is 0 Å². The highest BCUT2D eigenvalue weighted by Gasteiger charge is 2.29. The monoisotopic (exact) mass is 496 g/mol. The smallest absolute Gasteiger partial charge is 0.345 e. The number of carbonyl (C=O) groups excluding carboxylic acids is 2. The van der Waals surface area contributed by atoms with Crippen LogP contribution in [0.4, 0.5) is 0 Å². The van der Waals surface area contributed by atoms with Crippen LogP contribution in [0, 0.1) is 0 Å². The summed E-state index contributed by atoms with van der Waals surface area (Å²) < 4.78 is 10.2. The molecule has 0 bridgehead atoms. The molecule has 0 amide bonds. The molecule has 0 spiro atoms. The van der Waals surface area contributed by atoms with Crippen LogP contribution in [0.25, 0.3) is 0 Å². The summed E-state index contributed by atoms with van der Waals surface area (Å²) in [5, 5.41) is 4.79. The molecule has 3 aromatic carbocycles. The Bertz CT molecular complexity index is 1240. The van der Waals surface area contributed by atoms with Gasteiger partial charge in [0.25, 0.3) is 0 Å². The van der Waals surface area contributed by atoms with Crippen LogP contribution in [0.2, 0.25) is 0 Å². The van der Waals surface area contributed by atoms with Gasteiger partial charge in [0, 0.05) is 0 Å². The van der Waals surface area contributed by atoms with Crippen molar-refractivity contribution < 1.29 is 19.1 Å². The predicted octanol–water partition coefficient (Wildman–Crippen LogP) is 4.70. The third kappa shape index (κ3) is 5.05. The summed E-state index contributed by atoms with van der Waals surface area (Å²) in [5.74, 6) is -1.37. The maximum Gasteiger partial charge on any atom is 0.345 e. The number of hydrogen-bond acceptors (Lipinski definition) is 4. The maximum absolute atomic E-state index is 12.5. The summed E-state index contributed by atoms with van der Waals surface area (Å²) >= 11 is 0. The molecule has 0 radical (unpaired) electrons. The van der Waals surface area contributed by atoms with Crippen molar-refractivity contribution in [2.45, 2.75) is 13.8 Å². The molecule has 0 fully saturated rings. The zero-order chi connectivity index (χ0) is 25.4. The fraction of sp³-hybridized carbons (Fsp3) is 0.129. The lowest BCUT2D eigenvalue weighted by Gasteiger charge is -2.30. The molecule has 182 valence electrons. The first-order valence-electron chi connectivity index (χ1n) is 12.0. The van der Waals surface area contributed by atoms with Crippen molar-refractivity contribution in [3.63, 3.8) is 0 Å². The number of benzene rings is 3. The third-order valence-electron chi connectivity index (χ3n) is 5.88. The molecule has 0 aromatic heterocycles. The molecule has 0 unspecified atom stereocenters. The van der Waals surface area contributed by atoms with Crippen molar-refractivity contribution in [1.29, 1.82) is 0 Å². The lowest BCUT2D eigenvalue weighted by Crippen LogP contribution is -2.29. The highest BCUT2D eigenvalue weighted by molar-refractivity contribution is 7.95. The Balaban J connectivity index is 2.01. The van der Waals surface area contributed by atoms with Crippen LogP contribution < -0.4 is 15.9 Å². The average molecular weight is 497 g/mol. The van der Waals surface area contributed by atoms with Crippen LogP contribution in [0.15, 0.2) is 126 Å². The normalized spacial score (nSPS) is 12.6. The predicted molar refractivity (Wildman–Crippen MR) is 149 cm³/mol. The van der Waals surface area contributed by atoms with Crippen LogP contribution in [-0.4, -0.2) is 30.4 Å². The summed E-state index contributed by atoms with van der Waals surface area (Å²) in [7, 11) is 0. The minimum absolute atomic E-state index is 0.112. The van der Waals surface area contributed by atoms with Gasteiger partial charge in [0.2, 0.25) is 0 Å². The van der Waals surface area contributed by atoms with E-state index in [1.54, 1.807) is 19.9 Å². The SMILES string of the molecule is CCOC(=O)C(=CC1=CC(=P(c2ccccc2)(c2ccccc2)c2ccccc2)C=C1)C(=O)OCC. The van der Waals surface area contributed by atoms with Crippen LogP contribution >= 0.6 is 6.89 Å². The summed E-state index contributed by atoms with van der Waals surface area (Å²) in [6.45, 7) is 1.50. The molecule has 3 aromatic rings. The number of esters is 2. The molecule has 0 aliphatic heterocycles. The minimum Gasteiger partial charge on any atom is -0.462 e. The Labute approximate surface area is 212 Å². The summed E-state index contributed by atoms with van der Waals surface area (Å²) in [6, 6.07) is 31.6. The molecule has 0 heterocycles. The third-order valence-corrected chi connectivity index (χ3v) is 10.2. The Kier molecular flexibility index (Phi) is 8.20. The van der Waals surface area contributed by atoms with Gasteiger partial charge in [0.15, 0.2) is 0 Å². The van der Waals surface area contributed by atoms with E-state index in [-0.39, 0.29) is 18.8 Å². The number of carbonyl (C=O) groups is 2.